The van der Waals surface area contributed by atoms with Crippen molar-refractivity contribution in [2.24, 2.45) is 17.6 Å². The zero-order valence-electron chi connectivity index (χ0n) is 14.0. The Morgan fingerprint density at radius 1 is 1.00 bits per heavy atom. The molecule has 1 aromatic rings. The van der Waals surface area contributed by atoms with Gasteiger partial charge in [0, 0.05) is 6.54 Å². The predicted molar refractivity (Wildman–Crippen MR) is 88.6 cm³/mol. The van der Waals surface area contributed by atoms with Gasteiger partial charge >= 0.3 is 0 Å². The van der Waals surface area contributed by atoms with Gasteiger partial charge < -0.3 is 15.2 Å². The van der Waals surface area contributed by atoms with Crippen molar-refractivity contribution in [2.75, 3.05) is 19.8 Å². The minimum Gasteiger partial charge on any atom is -0.485 e. The number of nitrogens with two attached hydrogens (primary N) is 1. The van der Waals surface area contributed by atoms with E-state index in [-0.39, 0.29) is 5.60 Å². The third-order valence-corrected chi connectivity index (χ3v) is 3.27. The summed E-state index contributed by atoms with van der Waals surface area (Å²) in [6, 6.07) is 10.0. The van der Waals surface area contributed by atoms with Crippen molar-refractivity contribution in [3.63, 3.8) is 0 Å². The van der Waals surface area contributed by atoms with E-state index >= 15 is 0 Å². The van der Waals surface area contributed by atoms with Gasteiger partial charge in [-0.2, -0.15) is 0 Å². The van der Waals surface area contributed by atoms with Crippen LogP contribution in [-0.2, 0) is 4.74 Å². The molecule has 0 bridgehead atoms. The molecular weight excluding hydrogens is 262 g/mol. The maximum atomic E-state index is 6.40. The number of hydrogen-bond acceptors (Lipinski definition) is 3. The molecule has 0 aliphatic carbocycles. The second-order valence-electron chi connectivity index (χ2n) is 6.64. The topological polar surface area (TPSA) is 44.5 Å². The average molecular weight is 293 g/mol. The lowest BCUT2D eigenvalue weighted by atomic mass is 9.85. The summed E-state index contributed by atoms with van der Waals surface area (Å²) in [6.45, 7) is 10.6. The third kappa shape index (κ3) is 6.96. The van der Waals surface area contributed by atoms with Crippen molar-refractivity contribution in [2.45, 2.75) is 46.1 Å². The second kappa shape index (κ2) is 9.06. The van der Waals surface area contributed by atoms with Crippen molar-refractivity contribution in [3.8, 4) is 5.75 Å². The minimum atomic E-state index is -0.279. The van der Waals surface area contributed by atoms with E-state index in [1.165, 1.54) is 0 Å². The molecule has 0 aliphatic rings. The minimum absolute atomic E-state index is 0.279. The predicted octanol–water partition coefficient (Wildman–Crippen LogP) is 3.87. The van der Waals surface area contributed by atoms with Gasteiger partial charge in [0.05, 0.1) is 13.2 Å². The second-order valence-corrected chi connectivity index (χ2v) is 6.64. The highest BCUT2D eigenvalue weighted by Crippen LogP contribution is 2.31. The molecule has 0 saturated carbocycles. The van der Waals surface area contributed by atoms with Crippen LogP contribution >= 0.6 is 0 Å². The van der Waals surface area contributed by atoms with Crippen LogP contribution < -0.4 is 10.5 Å². The SMILES string of the molecule is CC(C)CC(COCCN)(CC(C)C)Oc1ccccc1. The van der Waals surface area contributed by atoms with E-state index in [1.807, 2.05) is 30.3 Å². The Bertz CT molecular complexity index is 366. The molecule has 0 amide bonds. The van der Waals surface area contributed by atoms with Crippen LogP contribution in [0, 0.1) is 11.8 Å². The van der Waals surface area contributed by atoms with Crippen LogP contribution in [0.4, 0.5) is 0 Å². The van der Waals surface area contributed by atoms with Gasteiger partial charge in [0.1, 0.15) is 11.4 Å². The lowest BCUT2D eigenvalue weighted by molar-refractivity contribution is -0.0504. The third-order valence-electron chi connectivity index (χ3n) is 3.27. The van der Waals surface area contributed by atoms with Gasteiger partial charge in [-0.15, -0.1) is 0 Å². The first-order valence-corrected chi connectivity index (χ1v) is 7.99. The molecule has 0 fully saturated rings. The van der Waals surface area contributed by atoms with Crippen LogP contribution in [-0.4, -0.2) is 25.4 Å². The normalized spacial score (nSPS) is 12.1. The number of ether oxygens (including phenoxy) is 2. The molecule has 0 unspecified atom stereocenters. The summed E-state index contributed by atoms with van der Waals surface area (Å²) < 4.78 is 12.2. The van der Waals surface area contributed by atoms with E-state index in [2.05, 4.69) is 27.7 Å². The van der Waals surface area contributed by atoms with Gasteiger partial charge in [0.2, 0.25) is 0 Å². The number of para-hydroxylation sites is 1. The van der Waals surface area contributed by atoms with Gasteiger partial charge in [-0.25, -0.2) is 0 Å². The Balaban J connectivity index is 2.90. The molecule has 3 heteroatoms. The van der Waals surface area contributed by atoms with Crippen LogP contribution in [0.2, 0.25) is 0 Å². The average Bonchev–Trinajstić information content (AvgIpc) is 2.38. The lowest BCUT2D eigenvalue weighted by Gasteiger charge is -2.37. The Labute approximate surface area is 129 Å². The summed E-state index contributed by atoms with van der Waals surface area (Å²) in [5, 5.41) is 0. The lowest BCUT2D eigenvalue weighted by Crippen LogP contribution is -2.44. The largest absolute Gasteiger partial charge is 0.485 e. The maximum Gasteiger partial charge on any atom is 0.133 e. The maximum absolute atomic E-state index is 6.40. The van der Waals surface area contributed by atoms with Crippen LogP contribution in [0.25, 0.3) is 0 Å². The first-order valence-electron chi connectivity index (χ1n) is 7.99. The highest BCUT2D eigenvalue weighted by atomic mass is 16.5. The van der Waals surface area contributed by atoms with Gasteiger partial charge in [-0.1, -0.05) is 45.9 Å². The van der Waals surface area contributed by atoms with Gasteiger partial charge in [-0.3, -0.25) is 0 Å². The summed E-state index contributed by atoms with van der Waals surface area (Å²) in [5.41, 5.74) is 5.27. The first kappa shape index (κ1) is 18.0. The van der Waals surface area contributed by atoms with Crippen LogP contribution in [0.15, 0.2) is 30.3 Å². The van der Waals surface area contributed by atoms with Crippen molar-refractivity contribution in [1.82, 2.24) is 0 Å². The number of hydrogen-bond donors (Lipinski definition) is 1. The molecule has 2 N–H and O–H groups in total. The summed E-state index contributed by atoms with van der Waals surface area (Å²) in [4.78, 5) is 0. The fourth-order valence-electron chi connectivity index (χ4n) is 2.88. The standard InChI is InChI=1S/C18H31NO2/c1-15(2)12-18(13-16(3)4,14-20-11-10-19)21-17-8-6-5-7-9-17/h5-9,15-16H,10-14,19H2,1-4H3. The molecule has 21 heavy (non-hydrogen) atoms. The molecule has 0 heterocycles. The quantitative estimate of drug-likeness (QED) is 0.666. The van der Waals surface area contributed by atoms with Crippen LogP contribution in [0.3, 0.4) is 0 Å². The Hall–Kier alpha value is -1.06. The molecule has 0 aromatic heterocycles. The van der Waals surface area contributed by atoms with E-state index in [1.54, 1.807) is 0 Å². The van der Waals surface area contributed by atoms with Crippen molar-refractivity contribution in [1.29, 1.82) is 0 Å². The molecule has 0 aliphatic heterocycles. The molecule has 0 spiro atoms. The Morgan fingerprint density at radius 3 is 2.05 bits per heavy atom. The van der Waals surface area contributed by atoms with E-state index < -0.39 is 0 Å². The van der Waals surface area contributed by atoms with E-state index in [0.29, 0.717) is 31.6 Å². The van der Waals surface area contributed by atoms with Gasteiger partial charge in [0.25, 0.3) is 0 Å². The summed E-state index contributed by atoms with van der Waals surface area (Å²) in [5.74, 6) is 2.01. The fourth-order valence-corrected chi connectivity index (χ4v) is 2.88. The highest BCUT2D eigenvalue weighted by molar-refractivity contribution is 5.22. The van der Waals surface area contributed by atoms with Crippen LogP contribution in [0.5, 0.6) is 5.75 Å². The molecule has 0 atom stereocenters. The van der Waals surface area contributed by atoms with Crippen molar-refractivity contribution >= 4 is 0 Å². The van der Waals surface area contributed by atoms with Gasteiger partial charge in [0.15, 0.2) is 0 Å². The smallest absolute Gasteiger partial charge is 0.133 e. The molecule has 3 nitrogen and oxygen atoms in total. The zero-order chi connectivity index (χ0) is 15.7. The summed E-state index contributed by atoms with van der Waals surface area (Å²) in [6.07, 6.45) is 1.95. The van der Waals surface area contributed by atoms with E-state index in [0.717, 1.165) is 18.6 Å². The fraction of sp³-hybridized carbons (Fsp3) is 0.667. The van der Waals surface area contributed by atoms with Crippen molar-refractivity contribution < 1.29 is 9.47 Å². The summed E-state index contributed by atoms with van der Waals surface area (Å²) >= 11 is 0. The highest BCUT2D eigenvalue weighted by Gasteiger charge is 2.34. The molecule has 120 valence electrons. The number of rotatable bonds is 10. The number of benzene rings is 1. The Morgan fingerprint density at radius 2 is 1.57 bits per heavy atom. The molecule has 0 saturated heterocycles. The first-order chi connectivity index (χ1) is 9.97. The van der Waals surface area contributed by atoms with E-state index in [9.17, 15) is 0 Å². The zero-order valence-corrected chi connectivity index (χ0v) is 14.0. The van der Waals surface area contributed by atoms with Crippen molar-refractivity contribution in [3.05, 3.63) is 30.3 Å². The van der Waals surface area contributed by atoms with E-state index in [4.69, 9.17) is 15.2 Å². The monoisotopic (exact) mass is 293 g/mol. The van der Waals surface area contributed by atoms with Gasteiger partial charge in [-0.05, 0) is 36.8 Å². The Kier molecular flexibility index (Phi) is 7.76. The summed E-state index contributed by atoms with van der Waals surface area (Å²) in [7, 11) is 0. The molecule has 1 aromatic carbocycles. The molecular formula is C18H31NO2. The molecule has 0 radical (unpaired) electrons. The van der Waals surface area contributed by atoms with Crippen LogP contribution in [0.1, 0.15) is 40.5 Å². The molecule has 1 rings (SSSR count).